The Balaban J connectivity index is 1.80. The Morgan fingerprint density at radius 1 is 1.55 bits per heavy atom. The molecule has 0 bridgehead atoms. The molecule has 2 rings (SSSR count). The van der Waals surface area contributed by atoms with E-state index in [1.807, 2.05) is 27.1 Å². The van der Waals surface area contributed by atoms with Crippen molar-refractivity contribution in [2.24, 2.45) is 7.05 Å². The summed E-state index contributed by atoms with van der Waals surface area (Å²) >= 11 is 0. The minimum atomic E-state index is -0.0190. The van der Waals surface area contributed by atoms with Crippen LogP contribution in [-0.4, -0.2) is 78.5 Å². The molecule has 0 aromatic carbocycles. The highest BCUT2D eigenvalue weighted by Gasteiger charge is 2.30. The molecule has 1 aromatic rings. The first-order chi connectivity index (χ1) is 10.4. The van der Waals surface area contributed by atoms with Crippen LogP contribution in [0, 0.1) is 6.92 Å². The van der Waals surface area contributed by atoms with Crippen LogP contribution in [0.4, 0.5) is 5.82 Å². The lowest BCUT2D eigenvalue weighted by atomic mass is 10.2. The van der Waals surface area contributed by atoms with Crippen LogP contribution in [0.3, 0.4) is 0 Å². The number of rotatable bonds is 6. The van der Waals surface area contributed by atoms with Crippen molar-refractivity contribution in [1.82, 2.24) is 19.6 Å². The fourth-order valence-corrected chi connectivity index (χ4v) is 2.99. The lowest BCUT2D eigenvalue weighted by Crippen LogP contribution is -2.40. The first-order valence-electron chi connectivity index (χ1n) is 7.61. The van der Waals surface area contributed by atoms with Crippen molar-refractivity contribution in [3.63, 3.8) is 0 Å². The van der Waals surface area contributed by atoms with Crippen LogP contribution < -0.4 is 5.32 Å². The zero-order valence-electron chi connectivity index (χ0n) is 14.2. The Morgan fingerprint density at radius 2 is 2.27 bits per heavy atom. The minimum Gasteiger partial charge on any atom is -0.380 e. The van der Waals surface area contributed by atoms with Crippen LogP contribution in [0.1, 0.15) is 12.1 Å². The Bertz CT molecular complexity index is 516. The minimum absolute atomic E-state index is 0.0190. The van der Waals surface area contributed by atoms with E-state index in [1.54, 1.807) is 11.8 Å². The highest BCUT2D eigenvalue weighted by atomic mass is 16.5. The van der Waals surface area contributed by atoms with E-state index in [9.17, 15) is 4.79 Å². The van der Waals surface area contributed by atoms with Gasteiger partial charge in [0.05, 0.1) is 18.3 Å². The lowest BCUT2D eigenvalue weighted by Gasteiger charge is -2.25. The summed E-state index contributed by atoms with van der Waals surface area (Å²) in [4.78, 5) is 16.5. The topological polar surface area (TPSA) is 62.6 Å². The number of amides is 1. The lowest BCUT2D eigenvalue weighted by molar-refractivity contribution is -0.117. The van der Waals surface area contributed by atoms with E-state index >= 15 is 0 Å². The van der Waals surface area contributed by atoms with Crippen molar-refractivity contribution in [2.75, 3.05) is 46.2 Å². The second-order valence-corrected chi connectivity index (χ2v) is 6.23. The molecule has 7 nitrogen and oxygen atoms in total. The third-order valence-electron chi connectivity index (χ3n) is 4.19. The Kier molecular flexibility index (Phi) is 5.55. The van der Waals surface area contributed by atoms with Gasteiger partial charge in [0, 0.05) is 39.4 Å². The molecule has 1 aromatic heterocycles. The zero-order chi connectivity index (χ0) is 16.3. The monoisotopic (exact) mass is 309 g/mol. The number of carbonyl (C=O) groups is 1. The van der Waals surface area contributed by atoms with Crippen molar-refractivity contribution < 1.29 is 9.53 Å². The van der Waals surface area contributed by atoms with Gasteiger partial charge < -0.3 is 10.1 Å². The normalized spacial score (nSPS) is 22.5. The van der Waals surface area contributed by atoms with Crippen LogP contribution in [0.15, 0.2) is 6.07 Å². The number of aryl methyl sites for hydroxylation is 2. The highest BCUT2D eigenvalue weighted by molar-refractivity contribution is 5.91. The van der Waals surface area contributed by atoms with Gasteiger partial charge >= 0.3 is 0 Å². The summed E-state index contributed by atoms with van der Waals surface area (Å²) < 4.78 is 7.10. The summed E-state index contributed by atoms with van der Waals surface area (Å²) in [6.07, 6.45) is 1.31. The number of hydrogen-bond acceptors (Lipinski definition) is 5. The number of anilines is 1. The van der Waals surface area contributed by atoms with Gasteiger partial charge in [0.2, 0.25) is 5.91 Å². The molecule has 0 spiro atoms. The highest BCUT2D eigenvalue weighted by Crippen LogP contribution is 2.18. The van der Waals surface area contributed by atoms with E-state index in [4.69, 9.17) is 4.74 Å². The number of nitrogens with one attached hydrogen (secondary N) is 1. The summed E-state index contributed by atoms with van der Waals surface area (Å²) in [5.74, 6) is 0.711. The molecule has 2 heterocycles. The van der Waals surface area contributed by atoms with Gasteiger partial charge in [0.25, 0.3) is 0 Å². The number of likely N-dealkylation sites (N-methyl/N-ethyl adjacent to an activating group) is 2. The standard InChI is InChI=1S/C15H27N5O2/c1-11-6-14(20(4)17-11)16-15(21)10-18(2)8-12-7-13(22-5)9-19(12)3/h6,12-13H,7-10H2,1-5H3,(H,16,21)/t12-,13-/m0/s1. The molecule has 1 fully saturated rings. The quantitative estimate of drug-likeness (QED) is 0.820. The van der Waals surface area contributed by atoms with Gasteiger partial charge in [0.15, 0.2) is 0 Å². The zero-order valence-corrected chi connectivity index (χ0v) is 14.2. The van der Waals surface area contributed by atoms with Crippen LogP contribution in [0.2, 0.25) is 0 Å². The van der Waals surface area contributed by atoms with E-state index < -0.39 is 0 Å². The third-order valence-corrected chi connectivity index (χ3v) is 4.19. The van der Waals surface area contributed by atoms with E-state index in [1.165, 1.54) is 0 Å². The summed E-state index contributed by atoms with van der Waals surface area (Å²) in [7, 11) is 7.66. The fraction of sp³-hybridized carbons (Fsp3) is 0.733. The summed E-state index contributed by atoms with van der Waals surface area (Å²) in [5.41, 5.74) is 0.893. The molecule has 22 heavy (non-hydrogen) atoms. The largest absolute Gasteiger partial charge is 0.380 e. The fourth-order valence-electron chi connectivity index (χ4n) is 2.99. The summed E-state index contributed by atoms with van der Waals surface area (Å²) in [5, 5.41) is 7.12. The molecule has 0 aliphatic carbocycles. The Hall–Kier alpha value is -1.44. The maximum absolute atomic E-state index is 12.1. The molecule has 1 aliphatic rings. The van der Waals surface area contributed by atoms with Gasteiger partial charge in [-0.25, -0.2) is 0 Å². The maximum Gasteiger partial charge on any atom is 0.239 e. The van der Waals surface area contributed by atoms with Gasteiger partial charge in [0.1, 0.15) is 5.82 Å². The third kappa shape index (κ3) is 4.28. The molecule has 0 unspecified atom stereocenters. The molecular weight excluding hydrogens is 282 g/mol. The van der Waals surface area contributed by atoms with E-state index in [-0.39, 0.29) is 5.91 Å². The Morgan fingerprint density at radius 3 is 2.82 bits per heavy atom. The predicted octanol–water partition coefficient (Wildman–Crippen LogP) is 0.318. The second kappa shape index (κ2) is 7.21. The number of likely N-dealkylation sites (tertiary alicyclic amines) is 1. The van der Waals surface area contributed by atoms with Crippen molar-refractivity contribution >= 4 is 11.7 Å². The second-order valence-electron chi connectivity index (χ2n) is 6.23. The van der Waals surface area contributed by atoms with Crippen molar-refractivity contribution in [3.05, 3.63) is 11.8 Å². The number of aromatic nitrogens is 2. The molecule has 124 valence electrons. The molecule has 0 saturated carbocycles. The number of ether oxygens (including phenoxy) is 1. The molecule has 0 radical (unpaired) electrons. The first kappa shape index (κ1) is 16.9. The van der Waals surface area contributed by atoms with Gasteiger partial charge in [-0.15, -0.1) is 0 Å². The first-order valence-corrected chi connectivity index (χ1v) is 7.61. The average Bonchev–Trinajstić information content (AvgIpc) is 2.92. The predicted molar refractivity (Wildman–Crippen MR) is 85.9 cm³/mol. The smallest absolute Gasteiger partial charge is 0.239 e. The van der Waals surface area contributed by atoms with Crippen LogP contribution >= 0.6 is 0 Å². The van der Waals surface area contributed by atoms with E-state index in [0.29, 0.717) is 18.7 Å². The van der Waals surface area contributed by atoms with Gasteiger partial charge in [-0.2, -0.15) is 5.10 Å². The molecule has 1 N–H and O–H groups in total. The van der Waals surface area contributed by atoms with Crippen LogP contribution in [0.25, 0.3) is 0 Å². The van der Waals surface area contributed by atoms with Gasteiger partial charge in [-0.05, 0) is 27.4 Å². The van der Waals surface area contributed by atoms with Crippen molar-refractivity contribution in [2.45, 2.75) is 25.5 Å². The summed E-state index contributed by atoms with van der Waals surface area (Å²) in [6, 6.07) is 2.30. The maximum atomic E-state index is 12.1. The Labute approximate surface area is 132 Å². The SMILES string of the molecule is CO[C@H]1C[C@@H](CN(C)CC(=O)Nc2cc(C)nn2C)N(C)C1. The number of nitrogens with zero attached hydrogens (tertiary/aromatic N) is 4. The van der Waals surface area contributed by atoms with Gasteiger partial charge in [-0.3, -0.25) is 19.3 Å². The molecule has 1 amide bonds. The number of carbonyl (C=O) groups excluding carboxylic acids is 1. The molecule has 2 atom stereocenters. The molecule has 7 heteroatoms. The van der Waals surface area contributed by atoms with E-state index in [0.717, 1.165) is 31.0 Å². The number of methoxy groups -OCH3 is 1. The van der Waals surface area contributed by atoms with Crippen LogP contribution in [-0.2, 0) is 16.6 Å². The van der Waals surface area contributed by atoms with Crippen molar-refractivity contribution in [1.29, 1.82) is 0 Å². The number of hydrogen-bond donors (Lipinski definition) is 1. The molecular formula is C15H27N5O2. The van der Waals surface area contributed by atoms with Crippen LogP contribution in [0.5, 0.6) is 0 Å². The van der Waals surface area contributed by atoms with Gasteiger partial charge in [-0.1, -0.05) is 0 Å². The summed E-state index contributed by atoms with van der Waals surface area (Å²) in [6.45, 7) is 4.08. The molecule has 1 saturated heterocycles. The van der Waals surface area contributed by atoms with Crippen molar-refractivity contribution in [3.8, 4) is 0 Å². The molecule has 1 aliphatic heterocycles. The average molecular weight is 309 g/mol. The van der Waals surface area contributed by atoms with E-state index in [2.05, 4.69) is 27.3 Å².